The van der Waals surface area contributed by atoms with E-state index in [9.17, 15) is 4.79 Å². The lowest BCUT2D eigenvalue weighted by molar-refractivity contribution is -0.119. The number of nitrogens with one attached hydrogen (secondary N) is 1. The van der Waals surface area contributed by atoms with Crippen molar-refractivity contribution in [1.29, 1.82) is 0 Å². The van der Waals surface area contributed by atoms with E-state index in [0.717, 1.165) is 14.9 Å². The monoisotopic (exact) mass is 383 g/mol. The van der Waals surface area contributed by atoms with Crippen molar-refractivity contribution in [3.05, 3.63) is 63.6 Å². The minimum Gasteiger partial charge on any atom is -0.349 e. The van der Waals surface area contributed by atoms with Crippen molar-refractivity contribution >= 4 is 45.2 Å². The van der Waals surface area contributed by atoms with Gasteiger partial charge < -0.3 is 5.32 Å². The number of hydrogen-bond acceptors (Lipinski definition) is 2. The molecule has 0 aliphatic rings. The number of carbonyl (C=O) groups is 1. The molecule has 110 valence electrons. The molecule has 1 N–H and O–H groups in total. The second-order valence-corrected chi connectivity index (χ2v) is 6.99. The fourth-order valence-corrected chi connectivity index (χ4v) is 2.99. The van der Waals surface area contributed by atoms with Gasteiger partial charge in [-0.3, -0.25) is 4.79 Å². The Balaban J connectivity index is 1.85. The van der Waals surface area contributed by atoms with Gasteiger partial charge in [0.25, 0.3) is 0 Å². The van der Waals surface area contributed by atoms with Crippen LogP contribution in [0.2, 0.25) is 5.02 Å². The predicted octanol–water partition coefficient (Wildman–Crippen LogP) is 5.07. The highest BCUT2D eigenvalue weighted by Crippen LogP contribution is 2.21. The fourth-order valence-electron chi connectivity index (χ4n) is 1.82. The van der Waals surface area contributed by atoms with Crippen LogP contribution < -0.4 is 5.32 Å². The van der Waals surface area contributed by atoms with Crippen LogP contribution >= 0.6 is 39.3 Å². The minimum absolute atomic E-state index is 0.00962. The molecule has 0 aromatic heterocycles. The van der Waals surface area contributed by atoms with E-state index in [-0.39, 0.29) is 11.9 Å². The number of halogens is 2. The maximum atomic E-state index is 12.0. The van der Waals surface area contributed by atoms with Crippen LogP contribution in [0.3, 0.4) is 0 Å². The van der Waals surface area contributed by atoms with Crippen LogP contribution in [0.25, 0.3) is 0 Å². The second kappa shape index (κ2) is 7.87. The Morgan fingerprint density at radius 3 is 2.67 bits per heavy atom. The average Bonchev–Trinajstić information content (AvgIpc) is 2.46. The topological polar surface area (TPSA) is 29.1 Å². The summed E-state index contributed by atoms with van der Waals surface area (Å²) in [7, 11) is 0. The maximum absolute atomic E-state index is 12.0. The van der Waals surface area contributed by atoms with Crippen LogP contribution in [0.5, 0.6) is 0 Å². The Bertz CT molecular complexity index is 618. The van der Waals surface area contributed by atoms with Crippen LogP contribution in [0, 0.1) is 0 Å². The van der Waals surface area contributed by atoms with Gasteiger partial charge in [-0.1, -0.05) is 39.7 Å². The molecule has 5 heteroatoms. The van der Waals surface area contributed by atoms with Gasteiger partial charge in [0.05, 0.1) is 11.8 Å². The van der Waals surface area contributed by atoms with E-state index in [1.54, 1.807) is 0 Å². The number of amides is 1. The molecule has 2 rings (SSSR count). The minimum atomic E-state index is -0.0540. The molecule has 2 aromatic rings. The molecule has 0 bridgehead atoms. The molecule has 0 saturated carbocycles. The summed E-state index contributed by atoms with van der Waals surface area (Å²) in [5, 5.41) is 3.66. The van der Waals surface area contributed by atoms with Gasteiger partial charge in [0.2, 0.25) is 5.91 Å². The van der Waals surface area contributed by atoms with Crippen LogP contribution in [-0.2, 0) is 4.79 Å². The lowest BCUT2D eigenvalue weighted by Gasteiger charge is -2.14. The summed E-state index contributed by atoms with van der Waals surface area (Å²) in [6.45, 7) is 1.95. The van der Waals surface area contributed by atoms with Crippen molar-refractivity contribution in [2.75, 3.05) is 5.75 Å². The summed E-state index contributed by atoms with van der Waals surface area (Å²) >= 11 is 10.9. The Kier molecular flexibility index (Phi) is 6.15. The molecule has 1 amide bonds. The Morgan fingerprint density at radius 1 is 1.29 bits per heavy atom. The van der Waals surface area contributed by atoms with E-state index in [1.807, 2.05) is 55.5 Å². The number of hydrogen-bond donors (Lipinski definition) is 1. The lowest BCUT2D eigenvalue weighted by atomic mass is 10.1. The molecule has 0 radical (unpaired) electrons. The van der Waals surface area contributed by atoms with Crippen molar-refractivity contribution in [1.82, 2.24) is 5.32 Å². The van der Waals surface area contributed by atoms with E-state index in [2.05, 4.69) is 21.2 Å². The second-order valence-electron chi connectivity index (χ2n) is 4.59. The first-order valence-electron chi connectivity index (χ1n) is 6.48. The van der Waals surface area contributed by atoms with Gasteiger partial charge in [-0.15, -0.1) is 11.8 Å². The summed E-state index contributed by atoms with van der Waals surface area (Å²) < 4.78 is 1.03. The molecule has 2 nitrogen and oxygen atoms in total. The van der Waals surface area contributed by atoms with E-state index in [0.29, 0.717) is 10.8 Å². The molecule has 0 heterocycles. The lowest BCUT2D eigenvalue weighted by Crippen LogP contribution is -2.28. The van der Waals surface area contributed by atoms with Gasteiger partial charge in [-0.05, 0) is 48.9 Å². The van der Waals surface area contributed by atoms with E-state index < -0.39 is 0 Å². The summed E-state index contributed by atoms with van der Waals surface area (Å²) in [5.74, 6) is 0.405. The highest BCUT2D eigenvalue weighted by atomic mass is 79.9. The molecule has 0 aliphatic carbocycles. The zero-order valence-electron chi connectivity index (χ0n) is 11.5. The quantitative estimate of drug-likeness (QED) is 0.729. The molecule has 1 atom stereocenters. The van der Waals surface area contributed by atoms with Gasteiger partial charge in [-0.25, -0.2) is 0 Å². The largest absolute Gasteiger partial charge is 0.349 e. The normalized spacial score (nSPS) is 12.0. The molecule has 0 unspecified atom stereocenters. The van der Waals surface area contributed by atoms with Crippen LogP contribution in [0.4, 0.5) is 0 Å². The fraction of sp³-hybridized carbons (Fsp3) is 0.188. The predicted molar refractivity (Wildman–Crippen MR) is 92.9 cm³/mol. The number of benzene rings is 2. The van der Waals surface area contributed by atoms with Crippen LogP contribution in [-0.4, -0.2) is 11.7 Å². The molecular weight excluding hydrogens is 370 g/mol. The molecule has 0 spiro atoms. The third kappa shape index (κ3) is 5.38. The van der Waals surface area contributed by atoms with E-state index in [1.165, 1.54) is 11.8 Å². The Morgan fingerprint density at radius 2 is 2.00 bits per heavy atom. The van der Waals surface area contributed by atoms with Crippen molar-refractivity contribution in [3.8, 4) is 0 Å². The SMILES string of the molecule is C[C@H](NC(=O)CSc1ccc(Br)cc1)c1cccc(Cl)c1. The van der Waals surface area contributed by atoms with Crippen molar-refractivity contribution < 1.29 is 4.79 Å². The van der Waals surface area contributed by atoms with Crippen molar-refractivity contribution in [2.24, 2.45) is 0 Å². The van der Waals surface area contributed by atoms with Gasteiger partial charge in [0.15, 0.2) is 0 Å². The first-order valence-corrected chi connectivity index (χ1v) is 8.63. The standard InChI is InChI=1S/C16H15BrClNOS/c1-11(12-3-2-4-14(18)9-12)19-16(20)10-21-15-7-5-13(17)6-8-15/h2-9,11H,10H2,1H3,(H,19,20)/t11-/m0/s1. The van der Waals surface area contributed by atoms with E-state index in [4.69, 9.17) is 11.6 Å². The van der Waals surface area contributed by atoms with Gasteiger partial charge in [0, 0.05) is 14.4 Å². The van der Waals surface area contributed by atoms with Crippen molar-refractivity contribution in [2.45, 2.75) is 17.9 Å². The van der Waals surface area contributed by atoms with Gasteiger partial charge in [-0.2, -0.15) is 0 Å². The first kappa shape index (κ1) is 16.4. The summed E-state index contributed by atoms with van der Waals surface area (Å²) in [5.41, 5.74) is 1.00. The zero-order chi connectivity index (χ0) is 15.2. The molecular formula is C16H15BrClNOS. The first-order chi connectivity index (χ1) is 10.0. The van der Waals surface area contributed by atoms with Gasteiger partial charge >= 0.3 is 0 Å². The Hall–Kier alpha value is -0.970. The molecule has 2 aromatic carbocycles. The summed E-state index contributed by atoms with van der Waals surface area (Å²) in [4.78, 5) is 13.1. The molecule has 0 aliphatic heterocycles. The average molecular weight is 385 g/mol. The van der Waals surface area contributed by atoms with Crippen LogP contribution in [0.1, 0.15) is 18.5 Å². The van der Waals surface area contributed by atoms with Gasteiger partial charge in [0.1, 0.15) is 0 Å². The smallest absolute Gasteiger partial charge is 0.230 e. The van der Waals surface area contributed by atoms with Crippen LogP contribution in [0.15, 0.2) is 57.9 Å². The highest BCUT2D eigenvalue weighted by molar-refractivity contribution is 9.10. The van der Waals surface area contributed by atoms with Crippen molar-refractivity contribution in [3.63, 3.8) is 0 Å². The van der Waals surface area contributed by atoms with E-state index >= 15 is 0 Å². The molecule has 0 fully saturated rings. The Labute approximate surface area is 142 Å². The molecule has 0 saturated heterocycles. The number of thioether (sulfide) groups is 1. The summed E-state index contributed by atoms with van der Waals surface area (Å²) in [6, 6.07) is 15.4. The number of rotatable bonds is 5. The third-order valence-electron chi connectivity index (χ3n) is 2.91. The maximum Gasteiger partial charge on any atom is 0.230 e. The number of carbonyl (C=O) groups excluding carboxylic acids is 1. The summed E-state index contributed by atoms with van der Waals surface area (Å²) in [6.07, 6.45) is 0. The highest BCUT2D eigenvalue weighted by Gasteiger charge is 2.10. The third-order valence-corrected chi connectivity index (χ3v) is 4.69. The zero-order valence-corrected chi connectivity index (χ0v) is 14.6. The molecule has 21 heavy (non-hydrogen) atoms.